The minimum absolute atomic E-state index is 0.241. The largest absolute Gasteiger partial charge is 0.507 e. The number of hydrogen-bond donors (Lipinski definition) is 1. The molecule has 5 heteroatoms. The lowest BCUT2D eigenvalue weighted by molar-refractivity contribution is 0.435. The Morgan fingerprint density at radius 3 is 2.77 bits per heavy atom. The van der Waals surface area contributed by atoms with E-state index in [-0.39, 0.29) is 5.75 Å². The molecule has 0 radical (unpaired) electrons. The van der Waals surface area contributed by atoms with Gasteiger partial charge in [-0.25, -0.2) is 4.68 Å². The van der Waals surface area contributed by atoms with Crippen molar-refractivity contribution >= 4 is 17.6 Å². The van der Waals surface area contributed by atoms with Crippen molar-refractivity contribution in [2.45, 2.75) is 45.1 Å². The zero-order chi connectivity index (χ0) is 15.4. The van der Waals surface area contributed by atoms with Gasteiger partial charge < -0.3 is 5.11 Å². The Hall–Kier alpha value is -1.88. The lowest BCUT2D eigenvalue weighted by atomic mass is 9.96. The molecule has 1 N–H and O–H groups in total. The number of nitrogens with zero attached hydrogens (tertiary/aromatic N) is 3. The van der Waals surface area contributed by atoms with E-state index in [0.717, 1.165) is 10.5 Å². The molecule has 0 atom stereocenters. The number of thiazole rings is 1. The summed E-state index contributed by atoms with van der Waals surface area (Å²) in [4.78, 5) is 5.82. The lowest BCUT2D eigenvalue weighted by Gasteiger charge is -2.16. The molecule has 0 spiro atoms. The molecule has 4 nitrogen and oxygen atoms in total. The first kappa shape index (κ1) is 15.0. The second kappa shape index (κ2) is 6.92. The molecular formula is C17H21N3OS. The normalized spacial score (nSPS) is 17.4. The fourth-order valence-electron chi connectivity index (χ4n) is 2.70. The molecule has 0 saturated heterocycles. The summed E-state index contributed by atoms with van der Waals surface area (Å²) < 4.78 is 1.87. The third-order valence-electron chi connectivity index (χ3n) is 3.97. The summed E-state index contributed by atoms with van der Waals surface area (Å²) in [5.41, 5.74) is 1.77. The van der Waals surface area contributed by atoms with Crippen molar-refractivity contribution < 1.29 is 5.11 Å². The third-order valence-corrected chi connectivity index (χ3v) is 4.92. The fraction of sp³-hybridized carbons (Fsp3) is 0.412. The average molecular weight is 315 g/mol. The first-order valence-electron chi connectivity index (χ1n) is 7.77. The van der Waals surface area contributed by atoms with E-state index in [2.05, 4.69) is 10.5 Å². The predicted octanol–water partition coefficient (Wildman–Crippen LogP) is 3.68. The van der Waals surface area contributed by atoms with Gasteiger partial charge in [0, 0.05) is 10.9 Å². The van der Waals surface area contributed by atoms with Crippen molar-refractivity contribution in [3.8, 4) is 5.75 Å². The molecule has 3 rings (SSSR count). The first-order chi connectivity index (χ1) is 10.7. The molecule has 1 saturated carbocycles. The number of para-hydroxylation sites is 1. The highest BCUT2D eigenvalue weighted by molar-refractivity contribution is 7.07. The number of hydrogen-bond acceptors (Lipinski definition) is 4. The van der Waals surface area contributed by atoms with Gasteiger partial charge in [-0.3, -0.25) is 4.99 Å². The molecule has 1 aliphatic rings. The van der Waals surface area contributed by atoms with Gasteiger partial charge in [0.1, 0.15) is 5.75 Å². The summed E-state index contributed by atoms with van der Waals surface area (Å²) in [6.45, 7) is 2.03. The van der Waals surface area contributed by atoms with Gasteiger partial charge in [0.05, 0.1) is 18.0 Å². The summed E-state index contributed by atoms with van der Waals surface area (Å²) in [6.07, 6.45) is 7.94. The number of aromatic hydroxyl groups is 1. The van der Waals surface area contributed by atoms with Crippen LogP contribution in [0.1, 0.15) is 43.4 Å². The molecule has 0 bridgehead atoms. The molecule has 22 heavy (non-hydrogen) atoms. The van der Waals surface area contributed by atoms with E-state index in [1.807, 2.05) is 23.7 Å². The highest BCUT2D eigenvalue weighted by atomic mass is 32.1. The Morgan fingerprint density at radius 1 is 1.23 bits per heavy atom. The van der Waals surface area contributed by atoms with Gasteiger partial charge in [-0.15, -0.1) is 11.3 Å². The van der Waals surface area contributed by atoms with Crippen molar-refractivity contribution in [3.63, 3.8) is 0 Å². The van der Waals surface area contributed by atoms with Gasteiger partial charge in [0.15, 0.2) is 0 Å². The van der Waals surface area contributed by atoms with Gasteiger partial charge >= 0.3 is 0 Å². The van der Waals surface area contributed by atoms with Gasteiger partial charge in [0.2, 0.25) is 4.80 Å². The number of aryl methyl sites for hydroxylation is 1. The van der Waals surface area contributed by atoms with E-state index < -0.39 is 0 Å². The molecule has 116 valence electrons. The van der Waals surface area contributed by atoms with Crippen LogP contribution in [0, 0.1) is 6.92 Å². The van der Waals surface area contributed by atoms with Crippen LogP contribution in [0.4, 0.5) is 0 Å². The number of phenols is 1. The topological polar surface area (TPSA) is 49.9 Å². The van der Waals surface area contributed by atoms with E-state index >= 15 is 0 Å². The number of benzene rings is 1. The van der Waals surface area contributed by atoms with Gasteiger partial charge in [-0.05, 0) is 31.9 Å². The van der Waals surface area contributed by atoms with Crippen LogP contribution in [0.2, 0.25) is 0 Å². The molecule has 1 fully saturated rings. The monoisotopic (exact) mass is 315 g/mol. The maximum Gasteiger partial charge on any atom is 0.206 e. The molecule has 1 heterocycles. The van der Waals surface area contributed by atoms with Crippen molar-refractivity contribution in [2.24, 2.45) is 10.1 Å². The average Bonchev–Trinajstić information content (AvgIpc) is 2.88. The molecule has 0 amide bonds. The van der Waals surface area contributed by atoms with Crippen LogP contribution in [0.15, 0.2) is 39.7 Å². The summed E-state index contributed by atoms with van der Waals surface area (Å²) in [7, 11) is 0. The van der Waals surface area contributed by atoms with Gasteiger partial charge in [-0.2, -0.15) is 5.10 Å². The molecule has 1 aliphatic carbocycles. The Bertz CT molecular complexity index is 724. The van der Waals surface area contributed by atoms with Crippen molar-refractivity contribution in [1.29, 1.82) is 0 Å². The van der Waals surface area contributed by atoms with Gasteiger partial charge in [0.25, 0.3) is 0 Å². The Balaban J connectivity index is 1.89. The molecule has 1 aromatic heterocycles. The zero-order valence-corrected chi connectivity index (χ0v) is 13.6. The van der Waals surface area contributed by atoms with Crippen LogP contribution in [0.25, 0.3) is 0 Å². The highest BCUT2D eigenvalue weighted by Gasteiger charge is 2.12. The van der Waals surface area contributed by atoms with E-state index in [4.69, 9.17) is 4.99 Å². The second-order valence-corrected chi connectivity index (χ2v) is 6.53. The van der Waals surface area contributed by atoms with Crippen LogP contribution < -0.4 is 4.80 Å². The Labute approximate surface area is 134 Å². The van der Waals surface area contributed by atoms with Gasteiger partial charge in [-0.1, -0.05) is 31.4 Å². The molecule has 0 aliphatic heterocycles. The smallest absolute Gasteiger partial charge is 0.206 e. The minimum Gasteiger partial charge on any atom is -0.507 e. The van der Waals surface area contributed by atoms with Crippen LogP contribution in [0.5, 0.6) is 5.75 Å². The maximum absolute atomic E-state index is 9.82. The highest BCUT2D eigenvalue weighted by Crippen LogP contribution is 2.20. The fourth-order valence-corrected chi connectivity index (χ4v) is 3.57. The number of phenolic OH excluding ortho intramolecular Hbond substituents is 1. The minimum atomic E-state index is 0.241. The van der Waals surface area contributed by atoms with E-state index in [0.29, 0.717) is 11.6 Å². The quantitative estimate of drug-likeness (QED) is 0.863. The Kier molecular flexibility index (Phi) is 4.73. The van der Waals surface area contributed by atoms with Crippen LogP contribution in [0.3, 0.4) is 0 Å². The summed E-state index contributed by atoms with van der Waals surface area (Å²) in [6, 6.07) is 7.64. The standard InChI is InChI=1S/C17H21N3OS/c1-13-12-22-17(19-15-8-3-2-4-9-15)20(13)18-11-14-7-5-6-10-16(14)21/h5-7,10-12,15,21H,2-4,8-9H2,1H3. The summed E-state index contributed by atoms with van der Waals surface area (Å²) in [5.74, 6) is 0.241. The predicted molar refractivity (Wildman–Crippen MR) is 90.6 cm³/mol. The number of aromatic nitrogens is 1. The van der Waals surface area contributed by atoms with Crippen molar-refractivity contribution in [1.82, 2.24) is 4.68 Å². The molecule has 2 aromatic rings. The lowest BCUT2D eigenvalue weighted by Crippen LogP contribution is -2.19. The molecule has 0 unspecified atom stereocenters. The second-order valence-electron chi connectivity index (χ2n) is 5.70. The van der Waals surface area contributed by atoms with Crippen LogP contribution in [-0.2, 0) is 0 Å². The van der Waals surface area contributed by atoms with E-state index in [1.54, 1.807) is 29.7 Å². The maximum atomic E-state index is 9.82. The molecule has 1 aromatic carbocycles. The summed E-state index contributed by atoms with van der Waals surface area (Å²) in [5, 5.41) is 16.4. The Morgan fingerprint density at radius 2 is 2.00 bits per heavy atom. The first-order valence-corrected chi connectivity index (χ1v) is 8.65. The SMILES string of the molecule is Cc1csc(=NC2CCCCC2)n1N=Cc1ccccc1O. The van der Waals surface area contributed by atoms with Crippen molar-refractivity contribution in [3.05, 3.63) is 45.7 Å². The molecular weight excluding hydrogens is 294 g/mol. The van der Waals surface area contributed by atoms with E-state index in [1.165, 1.54) is 32.1 Å². The van der Waals surface area contributed by atoms with Crippen LogP contribution >= 0.6 is 11.3 Å². The summed E-state index contributed by atoms with van der Waals surface area (Å²) >= 11 is 1.63. The zero-order valence-electron chi connectivity index (χ0n) is 12.8. The van der Waals surface area contributed by atoms with E-state index in [9.17, 15) is 5.11 Å². The van der Waals surface area contributed by atoms with Crippen LogP contribution in [-0.4, -0.2) is 22.0 Å². The number of rotatable bonds is 3. The van der Waals surface area contributed by atoms with Crippen molar-refractivity contribution in [2.75, 3.05) is 0 Å². The third kappa shape index (κ3) is 3.47.